The normalized spacial score (nSPS) is 12.2. The van der Waals surface area contributed by atoms with Gasteiger partial charge in [-0.05, 0) is 42.2 Å². The third kappa shape index (κ3) is 5.06. The van der Waals surface area contributed by atoms with E-state index in [1.807, 2.05) is 18.2 Å². The Morgan fingerprint density at radius 1 is 1.00 bits per heavy atom. The number of nitrogens with one attached hydrogen (secondary N) is 1. The van der Waals surface area contributed by atoms with E-state index in [0.29, 0.717) is 5.92 Å². The van der Waals surface area contributed by atoms with Crippen LogP contribution in [0.2, 0.25) is 0 Å². The van der Waals surface area contributed by atoms with Crippen molar-refractivity contribution < 1.29 is 13.5 Å². The Bertz CT molecular complexity index is 528. The quantitative estimate of drug-likeness (QED) is 0.784. The van der Waals surface area contributed by atoms with Gasteiger partial charge >= 0.3 is 6.61 Å². The third-order valence-corrected chi connectivity index (χ3v) is 3.35. The van der Waals surface area contributed by atoms with E-state index in [2.05, 4.69) is 29.1 Å². The van der Waals surface area contributed by atoms with Gasteiger partial charge in [0.1, 0.15) is 5.75 Å². The van der Waals surface area contributed by atoms with E-state index in [0.717, 1.165) is 18.7 Å². The number of alkyl halides is 2. The maximum atomic E-state index is 12.0. The van der Waals surface area contributed by atoms with Gasteiger partial charge in [0, 0.05) is 12.2 Å². The maximum absolute atomic E-state index is 12.0. The van der Waals surface area contributed by atoms with Gasteiger partial charge in [-0.25, -0.2) is 0 Å². The fourth-order valence-corrected chi connectivity index (χ4v) is 2.14. The number of hydrogen-bond donors (Lipinski definition) is 1. The Morgan fingerprint density at radius 3 is 2.29 bits per heavy atom. The van der Waals surface area contributed by atoms with Gasteiger partial charge in [0.25, 0.3) is 0 Å². The molecular weight excluding hydrogens is 272 g/mol. The fraction of sp³-hybridized carbons (Fsp3) is 0.294. The fourth-order valence-electron chi connectivity index (χ4n) is 2.14. The molecule has 0 saturated heterocycles. The first-order valence-corrected chi connectivity index (χ1v) is 6.99. The van der Waals surface area contributed by atoms with E-state index in [1.165, 1.54) is 17.7 Å². The molecule has 1 unspecified atom stereocenters. The molecule has 0 heterocycles. The number of anilines is 1. The Labute approximate surface area is 123 Å². The van der Waals surface area contributed by atoms with E-state index in [-0.39, 0.29) is 5.75 Å². The lowest BCUT2D eigenvalue weighted by Crippen LogP contribution is -2.06. The Kier molecular flexibility index (Phi) is 5.55. The summed E-state index contributed by atoms with van der Waals surface area (Å²) in [5, 5.41) is 3.28. The highest BCUT2D eigenvalue weighted by Gasteiger charge is 2.05. The molecule has 4 heteroatoms. The lowest BCUT2D eigenvalue weighted by atomic mass is 9.98. The first-order valence-electron chi connectivity index (χ1n) is 6.99. The number of rotatable bonds is 7. The molecule has 0 aliphatic carbocycles. The molecule has 0 radical (unpaired) electrons. The van der Waals surface area contributed by atoms with Crippen molar-refractivity contribution in [3.8, 4) is 5.75 Å². The Hall–Kier alpha value is -2.10. The Balaban J connectivity index is 1.78. The number of halogens is 2. The molecule has 0 fully saturated rings. The molecule has 0 aliphatic heterocycles. The lowest BCUT2D eigenvalue weighted by molar-refractivity contribution is -0.0498. The van der Waals surface area contributed by atoms with Crippen LogP contribution in [-0.4, -0.2) is 13.2 Å². The van der Waals surface area contributed by atoms with Crippen molar-refractivity contribution in [1.29, 1.82) is 0 Å². The largest absolute Gasteiger partial charge is 0.435 e. The van der Waals surface area contributed by atoms with Crippen molar-refractivity contribution in [3.63, 3.8) is 0 Å². The average Bonchev–Trinajstić information content (AvgIpc) is 2.49. The second kappa shape index (κ2) is 7.62. The molecule has 0 aromatic heterocycles. The monoisotopic (exact) mass is 291 g/mol. The molecule has 21 heavy (non-hydrogen) atoms. The SMILES string of the molecule is CC(CCNc1ccc(OC(F)F)cc1)c1ccccc1. The molecule has 2 rings (SSSR count). The molecule has 1 N–H and O–H groups in total. The average molecular weight is 291 g/mol. The molecule has 2 aromatic carbocycles. The predicted molar refractivity (Wildman–Crippen MR) is 81.0 cm³/mol. The van der Waals surface area contributed by atoms with Crippen molar-refractivity contribution in [2.45, 2.75) is 25.9 Å². The van der Waals surface area contributed by atoms with Crippen LogP contribution in [0.5, 0.6) is 5.75 Å². The van der Waals surface area contributed by atoms with Gasteiger partial charge in [0.05, 0.1) is 0 Å². The molecule has 0 spiro atoms. The molecule has 0 bridgehead atoms. The van der Waals surface area contributed by atoms with E-state index in [4.69, 9.17) is 0 Å². The van der Waals surface area contributed by atoms with Crippen LogP contribution in [0.15, 0.2) is 54.6 Å². The summed E-state index contributed by atoms with van der Waals surface area (Å²) in [6, 6.07) is 16.9. The van der Waals surface area contributed by atoms with Crippen LogP contribution in [0, 0.1) is 0 Å². The minimum Gasteiger partial charge on any atom is -0.435 e. The van der Waals surface area contributed by atoms with E-state index < -0.39 is 6.61 Å². The van der Waals surface area contributed by atoms with Crippen LogP contribution in [0.25, 0.3) is 0 Å². The van der Waals surface area contributed by atoms with Gasteiger partial charge in [-0.1, -0.05) is 37.3 Å². The van der Waals surface area contributed by atoms with Crippen molar-refractivity contribution in [1.82, 2.24) is 0 Å². The number of benzene rings is 2. The van der Waals surface area contributed by atoms with Gasteiger partial charge in [-0.2, -0.15) is 8.78 Å². The number of hydrogen-bond acceptors (Lipinski definition) is 2. The van der Waals surface area contributed by atoms with E-state index in [1.54, 1.807) is 12.1 Å². The zero-order valence-electron chi connectivity index (χ0n) is 11.9. The summed E-state index contributed by atoms with van der Waals surface area (Å²) < 4.78 is 28.4. The summed E-state index contributed by atoms with van der Waals surface area (Å²) in [7, 11) is 0. The lowest BCUT2D eigenvalue weighted by Gasteiger charge is -2.13. The van der Waals surface area contributed by atoms with Gasteiger partial charge in [-0.15, -0.1) is 0 Å². The zero-order valence-corrected chi connectivity index (χ0v) is 11.9. The van der Waals surface area contributed by atoms with Crippen LogP contribution in [0.4, 0.5) is 14.5 Å². The van der Waals surface area contributed by atoms with Crippen LogP contribution in [0.1, 0.15) is 24.8 Å². The first-order chi connectivity index (χ1) is 10.1. The minimum absolute atomic E-state index is 0.174. The smallest absolute Gasteiger partial charge is 0.387 e. The maximum Gasteiger partial charge on any atom is 0.387 e. The predicted octanol–water partition coefficient (Wildman–Crippen LogP) is 4.89. The molecule has 0 saturated carbocycles. The van der Waals surface area contributed by atoms with Crippen molar-refractivity contribution in [3.05, 3.63) is 60.2 Å². The van der Waals surface area contributed by atoms with Gasteiger partial charge in [0.15, 0.2) is 0 Å². The minimum atomic E-state index is -2.78. The van der Waals surface area contributed by atoms with E-state index >= 15 is 0 Å². The Morgan fingerprint density at radius 2 is 1.67 bits per heavy atom. The summed E-state index contributed by atoms with van der Waals surface area (Å²) in [6.45, 7) is 0.234. The standard InChI is InChI=1S/C17H19F2NO/c1-13(14-5-3-2-4-6-14)11-12-20-15-7-9-16(10-8-15)21-17(18)19/h2-10,13,17,20H,11-12H2,1H3. The van der Waals surface area contributed by atoms with Crippen molar-refractivity contribution in [2.75, 3.05) is 11.9 Å². The molecular formula is C17H19F2NO. The van der Waals surface area contributed by atoms with Gasteiger partial charge < -0.3 is 10.1 Å². The van der Waals surface area contributed by atoms with Crippen LogP contribution < -0.4 is 10.1 Å². The molecule has 0 aliphatic rings. The molecule has 2 aromatic rings. The molecule has 1 atom stereocenters. The highest BCUT2D eigenvalue weighted by molar-refractivity contribution is 5.46. The zero-order chi connectivity index (χ0) is 15.1. The third-order valence-electron chi connectivity index (χ3n) is 3.35. The highest BCUT2D eigenvalue weighted by Crippen LogP contribution is 2.20. The second-order valence-electron chi connectivity index (χ2n) is 4.93. The van der Waals surface area contributed by atoms with Crippen LogP contribution in [0.3, 0.4) is 0 Å². The van der Waals surface area contributed by atoms with Crippen molar-refractivity contribution in [2.24, 2.45) is 0 Å². The summed E-state index contributed by atoms with van der Waals surface area (Å²) >= 11 is 0. The van der Waals surface area contributed by atoms with Crippen LogP contribution in [-0.2, 0) is 0 Å². The topological polar surface area (TPSA) is 21.3 Å². The molecule has 112 valence electrons. The summed E-state index contributed by atoms with van der Waals surface area (Å²) in [6.07, 6.45) is 0.999. The van der Waals surface area contributed by atoms with Crippen molar-refractivity contribution >= 4 is 5.69 Å². The second-order valence-corrected chi connectivity index (χ2v) is 4.93. The van der Waals surface area contributed by atoms with E-state index in [9.17, 15) is 8.78 Å². The highest BCUT2D eigenvalue weighted by atomic mass is 19.3. The van der Waals surface area contributed by atoms with Crippen LogP contribution >= 0.6 is 0 Å². The summed E-state index contributed by atoms with van der Waals surface area (Å²) in [5.41, 5.74) is 2.22. The first kappa shape index (κ1) is 15.3. The summed E-state index contributed by atoms with van der Waals surface area (Å²) in [5.74, 6) is 0.647. The van der Waals surface area contributed by atoms with Gasteiger partial charge in [-0.3, -0.25) is 0 Å². The summed E-state index contributed by atoms with van der Waals surface area (Å²) in [4.78, 5) is 0. The molecule has 2 nitrogen and oxygen atoms in total. The number of ether oxygens (including phenoxy) is 1. The van der Waals surface area contributed by atoms with Gasteiger partial charge in [0.2, 0.25) is 0 Å². The molecule has 0 amide bonds.